The summed E-state index contributed by atoms with van der Waals surface area (Å²) < 4.78 is 15.9. The van der Waals surface area contributed by atoms with Crippen molar-refractivity contribution in [3.63, 3.8) is 0 Å². The Bertz CT molecular complexity index is 526. The Morgan fingerprint density at radius 3 is 2.62 bits per heavy atom. The molecule has 0 fully saturated rings. The summed E-state index contributed by atoms with van der Waals surface area (Å²) in [5, 5.41) is 0.677. The molecule has 0 unspecified atom stereocenters. The van der Waals surface area contributed by atoms with E-state index in [0.717, 1.165) is 16.8 Å². The van der Waals surface area contributed by atoms with Crippen LogP contribution in [0.2, 0.25) is 0 Å². The van der Waals surface area contributed by atoms with E-state index >= 15 is 0 Å². The molecule has 0 radical (unpaired) electrons. The minimum atomic E-state index is -0.180. The molecule has 2 nitrogen and oxygen atoms in total. The van der Waals surface area contributed by atoms with Crippen molar-refractivity contribution in [1.82, 2.24) is 4.57 Å². The van der Waals surface area contributed by atoms with Crippen molar-refractivity contribution in [2.75, 3.05) is 0 Å². The Labute approximate surface area is 94.9 Å². The van der Waals surface area contributed by atoms with Crippen molar-refractivity contribution in [1.29, 1.82) is 0 Å². The van der Waals surface area contributed by atoms with Crippen LogP contribution in [0.1, 0.15) is 31.0 Å². The third-order valence-electron chi connectivity index (χ3n) is 3.08. The zero-order chi connectivity index (χ0) is 11.9. The quantitative estimate of drug-likeness (QED) is 0.829. The highest BCUT2D eigenvalue weighted by atomic mass is 19.1. The monoisotopic (exact) mass is 220 g/mol. The summed E-state index contributed by atoms with van der Waals surface area (Å²) in [6.45, 7) is 4.59. The summed E-state index contributed by atoms with van der Waals surface area (Å²) in [5.74, 6) is 0.163. The number of rotatable bonds is 2. The second-order valence-electron chi connectivity index (χ2n) is 4.42. The van der Waals surface area contributed by atoms with Crippen LogP contribution in [0.15, 0.2) is 18.2 Å². The molecule has 0 aliphatic heterocycles. The molecule has 0 saturated heterocycles. The van der Waals surface area contributed by atoms with Crippen molar-refractivity contribution in [2.45, 2.75) is 26.3 Å². The van der Waals surface area contributed by atoms with Crippen LogP contribution in [0, 0.1) is 5.82 Å². The van der Waals surface area contributed by atoms with Gasteiger partial charge in [-0.15, -0.1) is 0 Å². The van der Waals surface area contributed by atoms with Crippen molar-refractivity contribution >= 4 is 10.9 Å². The number of nitrogens with zero attached hydrogens (tertiary/aromatic N) is 1. The van der Waals surface area contributed by atoms with Gasteiger partial charge in [0, 0.05) is 24.7 Å². The smallest absolute Gasteiger partial charge is 0.132 e. The van der Waals surface area contributed by atoms with Crippen LogP contribution in [0.3, 0.4) is 0 Å². The van der Waals surface area contributed by atoms with Gasteiger partial charge in [0.2, 0.25) is 0 Å². The number of aromatic nitrogens is 1. The van der Waals surface area contributed by atoms with Gasteiger partial charge < -0.3 is 10.3 Å². The molecule has 0 atom stereocenters. The van der Waals surface area contributed by atoms with E-state index in [1.54, 1.807) is 6.07 Å². The van der Waals surface area contributed by atoms with Gasteiger partial charge in [-0.25, -0.2) is 4.39 Å². The van der Waals surface area contributed by atoms with E-state index < -0.39 is 0 Å². The van der Waals surface area contributed by atoms with Crippen LogP contribution < -0.4 is 5.73 Å². The molecule has 0 amide bonds. The highest BCUT2D eigenvalue weighted by molar-refractivity contribution is 5.86. The molecule has 2 rings (SSSR count). The molecule has 2 N–H and O–H groups in total. The topological polar surface area (TPSA) is 30.9 Å². The highest BCUT2D eigenvalue weighted by Crippen LogP contribution is 2.31. The molecule has 16 heavy (non-hydrogen) atoms. The second-order valence-corrected chi connectivity index (χ2v) is 4.42. The SMILES string of the molecule is CC(C)c1c(CN)c2c(F)cccc2n1C. The number of hydrogen-bond acceptors (Lipinski definition) is 1. The van der Waals surface area contributed by atoms with Crippen molar-refractivity contribution in [3.8, 4) is 0 Å². The van der Waals surface area contributed by atoms with Gasteiger partial charge in [-0.2, -0.15) is 0 Å². The van der Waals surface area contributed by atoms with Gasteiger partial charge in [0.1, 0.15) is 5.82 Å². The molecule has 2 aromatic rings. The summed E-state index contributed by atoms with van der Waals surface area (Å²) in [6, 6.07) is 5.16. The molecule has 86 valence electrons. The molecule has 0 saturated carbocycles. The van der Waals surface area contributed by atoms with E-state index in [0.29, 0.717) is 17.8 Å². The minimum absolute atomic E-state index is 0.180. The first-order valence-electron chi connectivity index (χ1n) is 5.53. The predicted molar refractivity (Wildman–Crippen MR) is 64.9 cm³/mol. The van der Waals surface area contributed by atoms with Crippen LogP contribution in [0.25, 0.3) is 10.9 Å². The predicted octanol–water partition coefficient (Wildman–Crippen LogP) is 2.90. The lowest BCUT2D eigenvalue weighted by Crippen LogP contribution is -2.05. The first-order chi connectivity index (χ1) is 7.57. The lowest BCUT2D eigenvalue weighted by Gasteiger charge is -2.10. The number of fused-ring (bicyclic) bond motifs is 1. The Balaban J connectivity index is 2.91. The molecular weight excluding hydrogens is 203 g/mol. The van der Waals surface area contributed by atoms with Gasteiger partial charge in [-0.1, -0.05) is 19.9 Å². The van der Waals surface area contributed by atoms with E-state index in [9.17, 15) is 4.39 Å². The maximum absolute atomic E-state index is 13.8. The van der Waals surface area contributed by atoms with Crippen molar-refractivity contribution in [2.24, 2.45) is 12.8 Å². The summed E-state index contributed by atoms with van der Waals surface area (Å²) >= 11 is 0. The fourth-order valence-electron chi connectivity index (χ4n) is 2.49. The van der Waals surface area contributed by atoms with Crippen LogP contribution in [0.5, 0.6) is 0 Å². The molecule has 1 heterocycles. The van der Waals surface area contributed by atoms with Crippen molar-refractivity contribution < 1.29 is 4.39 Å². The Morgan fingerprint density at radius 1 is 1.38 bits per heavy atom. The lowest BCUT2D eigenvalue weighted by atomic mass is 10.0. The zero-order valence-corrected chi connectivity index (χ0v) is 9.92. The van der Waals surface area contributed by atoms with E-state index in [1.165, 1.54) is 6.07 Å². The standard InChI is InChI=1S/C13H17FN2/c1-8(2)13-9(7-15)12-10(14)5-4-6-11(12)16(13)3/h4-6,8H,7,15H2,1-3H3. The summed E-state index contributed by atoms with van der Waals surface area (Å²) in [4.78, 5) is 0. The lowest BCUT2D eigenvalue weighted by molar-refractivity contribution is 0.639. The zero-order valence-electron chi connectivity index (χ0n) is 9.92. The average Bonchev–Trinajstić information content (AvgIpc) is 2.53. The molecule has 0 bridgehead atoms. The normalized spacial score (nSPS) is 11.6. The first kappa shape index (κ1) is 11.1. The number of nitrogens with two attached hydrogens (primary N) is 1. The minimum Gasteiger partial charge on any atom is -0.347 e. The third-order valence-corrected chi connectivity index (χ3v) is 3.08. The van der Waals surface area contributed by atoms with Gasteiger partial charge in [-0.05, 0) is 23.6 Å². The average molecular weight is 220 g/mol. The molecule has 0 aliphatic rings. The molecule has 0 spiro atoms. The number of hydrogen-bond donors (Lipinski definition) is 1. The molecule has 3 heteroatoms. The number of halogens is 1. The fraction of sp³-hybridized carbons (Fsp3) is 0.385. The summed E-state index contributed by atoms with van der Waals surface area (Å²) in [7, 11) is 1.97. The summed E-state index contributed by atoms with van der Waals surface area (Å²) in [5.41, 5.74) is 8.74. The van der Waals surface area contributed by atoms with E-state index in [2.05, 4.69) is 13.8 Å². The van der Waals surface area contributed by atoms with Gasteiger partial charge in [0.15, 0.2) is 0 Å². The van der Waals surface area contributed by atoms with Crippen LogP contribution in [-0.2, 0) is 13.6 Å². The fourth-order valence-corrected chi connectivity index (χ4v) is 2.49. The molecule has 0 aliphatic carbocycles. The van der Waals surface area contributed by atoms with Crippen LogP contribution in [0.4, 0.5) is 4.39 Å². The number of benzene rings is 1. The molecule has 1 aromatic heterocycles. The maximum atomic E-state index is 13.8. The van der Waals surface area contributed by atoms with Gasteiger partial charge in [0.05, 0.1) is 5.52 Å². The first-order valence-corrected chi connectivity index (χ1v) is 5.53. The van der Waals surface area contributed by atoms with E-state index in [4.69, 9.17) is 5.73 Å². The molecular formula is C13H17FN2. The number of aryl methyl sites for hydroxylation is 1. The van der Waals surface area contributed by atoms with Gasteiger partial charge in [-0.3, -0.25) is 0 Å². The highest BCUT2D eigenvalue weighted by Gasteiger charge is 2.18. The summed E-state index contributed by atoms with van der Waals surface area (Å²) in [6.07, 6.45) is 0. The third kappa shape index (κ3) is 1.43. The maximum Gasteiger partial charge on any atom is 0.132 e. The Hall–Kier alpha value is -1.35. The van der Waals surface area contributed by atoms with Gasteiger partial charge in [0.25, 0.3) is 0 Å². The van der Waals surface area contributed by atoms with Crippen LogP contribution >= 0.6 is 0 Å². The van der Waals surface area contributed by atoms with Crippen molar-refractivity contribution in [3.05, 3.63) is 35.3 Å². The van der Waals surface area contributed by atoms with Crippen LogP contribution in [-0.4, -0.2) is 4.57 Å². The van der Waals surface area contributed by atoms with E-state index in [1.807, 2.05) is 17.7 Å². The second kappa shape index (κ2) is 3.91. The Morgan fingerprint density at radius 2 is 2.06 bits per heavy atom. The largest absolute Gasteiger partial charge is 0.347 e. The Kier molecular flexibility index (Phi) is 2.72. The molecule has 1 aromatic carbocycles. The van der Waals surface area contributed by atoms with Gasteiger partial charge >= 0.3 is 0 Å². The van der Waals surface area contributed by atoms with E-state index in [-0.39, 0.29) is 5.82 Å².